The van der Waals surface area contributed by atoms with E-state index < -0.39 is 0 Å². The van der Waals surface area contributed by atoms with Gasteiger partial charge in [-0.05, 0) is 37.4 Å². The van der Waals surface area contributed by atoms with Gasteiger partial charge in [-0.2, -0.15) is 0 Å². The monoisotopic (exact) mass is 283 g/mol. The molecule has 1 aromatic carbocycles. The Morgan fingerprint density at radius 1 is 1.33 bits per heavy atom. The quantitative estimate of drug-likeness (QED) is 0.901. The molecule has 1 amide bonds. The summed E-state index contributed by atoms with van der Waals surface area (Å²) < 4.78 is 0. The van der Waals surface area contributed by atoms with Crippen molar-refractivity contribution in [3.8, 4) is 0 Å². The van der Waals surface area contributed by atoms with Crippen LogP contribution in [0.4, 0.5) is 0 Å². The van der Waals surface area contributed by atoms with Crippen LogP contribution >= 0.6 is 0 Å². The zero-order valence-electron chi connectivity index (χ0n) is 12.1. The van der Waals surface area contributed by atoms with E-state index in [1.807, 2.05) is 18.3 Å². The molecule has 2 N–H and O–H groups in total. The van der Waals surface area contributed by atoms with Gasteiger partial charge in [-0.25, -0.2) is 0 Å². The van der Waals surface area contributed by atoms with Gasteiger partial charge in [-0.15, -0.1) is 0 Å². The third-order valence-corrected chi connectivity index (χ3v) is 4.08. The van der Waals surface area contributed by atoms with E-state index >= 15 is 0 Å². The van der Waals surface area contributed by atoms with E-state index in [2.05, 4.69) is 33.8 Å². The van der Waals surface area contributed by atoms with Crippen LogP contribution < -0.4 is 10.6 Å². The van der Waals surface area contributed by atoms with Gasteiger partial charge in [-0.3, -0.25) is 9.78 Å². The van der Waals surface area contributed by atoms with Crippen LogP contribution in [0.1, 0.15) is 18.4 Å². The summed E-state index contributed by atoms with van der Waals surface area (Å²) in [6.45, 7) is 2.51. The fourth-order valence-corrected chi connectivity index (χ4v) is 2.91. The number of benzene rings is 1. The average Bonchev–Trinajstić information content (AvgIpc) is 2.56. The number of pyridine rings is 1. The molecule has 1 aliphatic rings. The van der Waals surface area contributed by atoms with Gasteiger partial charge in [0.2, 0.25) is 5.91 Å². The van der Waals surface area contributed by atoms with Crippen LogP contribution in [-0.4, -0.2) is 30.5 Å². The molecule has 4 nitrogen and oxygen atoms in total. The van der Waals surface area contributed by atoms with Crippen LogP contribution in [0.15, 0.2) is 36.5 Å². The predicted molar refractivity (Wildman–Crippen MR) is 84.1 cm³/mol. The van der Waals surface area contributed by atoms with Crippen LogP contribution in [0.25, 0.3) is 10.9 Å². The van der Waals surface area contributed by atoms with Crippen molar-refractivity contribution in [3.63, 3.8) is 0 Å². The van der Waals surface area contributed by atoms with E-state index in [1.165, 1.54) is 5.56 Å². The Kier molecular flexibility index (Phi) is 4.46. The maximum Gasteiger partial charge on any atom is 0.224 e. The summed E-state index contributed by atoms with van der Waals surface area (Å²) in [7, 11) is 0. The number of piperidine rings is 1. The number of hydrogen-bond donors (Lipinski definition) is 2. The van der Waals surface area contributed by atoms with E-state index in [0.29, 0.717) is 6.54 Å². The first-order chi connectivity index (χ1) is 10.3. The fourth-order valence-electron chi connectivity index (χ4n) is 2.91. The standard InChI is InChI=1S/C17H21N3O/c21-17(15-7-2-9-18-12-15)20-11-8-14-5-1-4-13-6-3-10-19-16(13)14/h1,3-6,10,15,18H,2,7-9,11-12H2,(H,20,21)/t15-/m0/s1. The summed E-state index contributed by atoms with van der Waals surface area (Å²) in [5.41, 5.74) is 2.23. The van der Waals surface area contributed by atoms with Gasteiger partial charge in [-0.1, -0.05) is 24.3 Å². The number of fused-ring (bicyclic) bond motifs is 1. The van der Waals surface area contributed by atoms with Crippen LogP contribution in [-0.2, 0) is 11.2 Å². The third kappa shape index (κ3) is 3.39. The molecular weight excluding hydrogens is 262 g/mol. The molecule has 0 bridgehead atoms. The molecule has 2 heterocycles. The van der Waals surface area contributed by atoms with Crippen molar-refractivity contribution in [2.75, 3.05) is 19.6 Å². The van der Waals surface area contributed by atoms with Crippen molar-refractivity contribution in [2.24, 2.45) is 5.92 Å². The number of carbonyl (C=O) groups is 1. The molecule has 0 radical (unpaired) electrons. The van der Waals surface area contributed by atoms with Crippen molar-refractivity contribution < 1.29 is 4.79 Å². The predicted octanol–water partition coefficient (Wildman–Crippen LogP) is 1.89. The molecule has 110 valence electrons. The van der Waals surface area contributed by atoms with E-state index in [9.17, 15) is 4.79 Å². The van der Waals surface area contributed by atoms with Crippen LogP contribution in [0.2, 0.25) is 0 Å². The SMILES string of the molecule is O=C(NCCc1cccc2cccnc12)[C@H]1CCCNC1. The lowest BCUT2D eigenvalue weighted by atomic mass is 9.99. The largest absolute Gasteiger partial charge is 0.355 e. The number of aromatic nitrogens is 1. The highest BCUT2D eigenvalue weighted by atomic mass is 16.1. The Labute approximate surface area is 125 Å². The second kappa shape index (κ2) is 6.68. The number of para-hydroxylation sites is 1. The van der Waals surface area contributed by atoms with Crippen molar-refractivity contribution in [1.82, 2.24) is 15.6 Å². The summed E-state index contributed by atoms with van der Waals surface area (Å²) in [6.07, 6.45) is 4.72. The molecule has 3 rings (SSSR count). The second-order valence-corrected chi connectivity index (χ2v) is 5.58. The van der Waals surface area contributed by atoms with E-state index in [0.717, 1.165) is 43.3 Å². The van der Waals surface area contributed by atoms with E-state index in [1.54, 1.807) is 0 Å². The summed E-state index contributed by atoms with van der Waals surface area (Å²) >= 11 is 0. The lowest BCUT2D eigenvalue weighted by molar-refractivity contribution is -0.125. The van der Waals surface area contributed by atoms with Crippen molar-refractivity contribution in [2.45, 2.75) is 19.3 Å². The average molecular weight is 283 g/mol. The molecular formula is C17H21N3O. The minimum absolute atomic E-state index is 0.129. The molecule has 1 fully saturated rings. The molecule has 0 spiro atoms. The maximum atomic E-state index is 12.1. The highest BCUT2D eigenvalue weighted by molar-refractivity contribution is 5.82. The molecule has 0 aliphatic carbocycles. The first kappa shape index (κ1) is 14.0. The van der Waals surface area contributed by atoms with Gasteiger partial charge in [0, 0.05) is 24.7 Å². The van der Waals surface area contributed by atoms with Gasteiger partial charge in [0.1, 0.15) is 0 Å². The number of nitrogens with one attached hydrogen (secondary N) is 2. The highest BCUT2D eigenvalue weighted by Crippen LogP contribution is 2.16. The topological polar surface area (TPSA) is 54.0 Å². The molecule has 0 unspecified atom stereocenters. The lowest BCUT2D eigenvalue weighted by Crippen LogP contribution is -2.41. The van der Waals surface area contributed by atoms with Crippen LogP contribution in [0, 0.1) is 5.92 Å². The van der Waals surface area contributed by atoms with Gasteiger partial charge in [0.25, 0.3) is 0 Å². The molecule has 1 atom stereocenters. The van der Waals surface area contributed by atoms with Crippen LogP contribution in [0.5, 0.6) is 0 Å². The first-order valence-electron chi connectivity index (χ1n) is 7.65. The Bertz CT molecular complexity index is 615. The maximum absolute atomic E-state index is 12.1. The lowest BCUT2D eigenvalue weighted by Gasteiger charge is -2.21. The molecule has 1 saturated heterocycles. The Morgan fingerprint density at radius 2 is 2.24 bits per heavy atom. The van der Waals surface area contributed by atoms with E-state index in [4.69, 9.17) is 0 Å². The smallest absolute Gasteiger partial charge is 0.224 e. The first-order valence-corrected chi connectivity index (χ1v) is 7.65. The Morgan fingerprint density at radius 3 is 3.10 bits per heavy atom. The van der Waals surface area contributed by atoms with Gasteiger partial charge < -0.3 is 10.6 Å². The summed E-state index contributed by atoms with van der Waals surface area (Å²) in [5, 5.41) is 7.49. The van der Waals surface area contributed by atoms with E-state index in [-0.39, 0.29) is 11.8 Å². The number of rotatable bonds is 4. The molecule has 1 aliphatic heterocycles. The normalized spacial score (nSPS) is 18.6. The van der Waals surface area contributed by atoms with Crippen molar-refractivity contribution in [3.05, 3.63) is 42.1 Å². The van der Waals surface area contributed by atoms with Crippen LogP contribution in [0.3, 0.4) is 0 Å². The summed E-state index contributed by atoms with van der Waals surface area (Å²) in [5.74, 6) is 0.305. The highest BCUT2D eigenvalue weighted by Gasteiger charge is 2.20. The van der Waals surface area contributed by atoms with Gasteiger partial charge >= 0.3 is 0 Å². The number of carbonyl (C=O) groups excluding carboxylic acids is 1. The summed E-state index contributed by atoms with van der Waals surface area (Å²) in [6, 6.07) is 10.2. The zero-order chi connectivity index (χ0) is 14.5. The molecule has 1 aromatic heterocycles. The summed E-state index contributed by atoms with van der Waals surface area (Å²) in [4.78, 5) is 16.5. The van der Waals surface area contributed by atoms with Gasteiger partial charge in [0.05, 0.1) is 11.4 Å². The number of hydrogen-bond acceptors (Lipinski definition) is 3. The number of nitrogens with zero attached hydrogens (tertiary/aromatic N) is 1. The molecule has 4 heteroatoms. The molecule has 2 aromatic rings. The Balaban J connectivity index is 1.58. The molecule has 21 heavy (non-hydrogen) atoms. The Hall–Kier alpha value is -1.94. The minimum Gasteiger partial charge on any atom is -0.355 e. The minimum atomic E-state index is 0.129. The zero-order valence-corrected chi connectivity index (χ0v) is 12.1. The molecule has 0 saturated carbocycles. The fraction of sp³-hybridized carbons (Fsp3) is 0.412. The third-order valence-electron chi connectivity index (χ3n) is 4.08. The van der Waals surface area contributed by atoms with Crippen molar-refractivity contribution in [1.29, 1.82) is 0 Å². The second-order valence-electron chi connectivity index (χ2n) is 5.58. The number of amides is 1. The van der Waals surface area contributed by atoms with Gasteiger partial charge in [0.15, 0.2) is 0 Å². The van der Waals surface area contributed by atoms with Crippen molar-refractivity contribution >= 4 is 16.8 Å².